The number of amides is 2. The fourth-order valence-corrected chi connectivity index (χ4v) is 2.24. The molecule has 126 valence electrons. The van der Waals surface area contributed by atoms with E-state index in [0.717, 1.165) is 16.7 Å². The van der Waals surface area contributed by atoms with E-state index in [1.54, 1.807) is 0 Å². The van der Waals surface area contributed by atoms with Crippen molar-refractivity contribution in [1.82, 2.24) is 10.6 Å². The summed E-state index contributed by atoms with van der Waals surface area (Å²) in [6.45, 7) is 0.515. The molecule has 0 heterocycles. The maximum Gasteiger partial charge on any atom is 0.239 e. The van der Waals surface area contributed by atoms with Crippen molar-refractivity contribution in [2.75, 3.05) is 13.1 Å². The Morgan fingerprint density at radius 2 is 1.46 bits per heavy atom. The smallest absolute Gasteiger partial charge is 0.239 e. The Labute approximate surface area is 141 Å². The third-order valence-electron chi connectivity index (χ3n) is 3.60. The Kier molecular flexibility index (Phi) is 6.98. The maximum atomic E-state index is 11.8. The average Bonchev–Trinajstić information content (AvgIpc) is 2.61. The first kappa shape index (κ1) is 17.7. The van der Waals surface area contributed by atoms with Gasteiger partial charge in [0.25, 0.3) is 0 Å². The summed E-state index contributed by atoms with van der Waals surface area (Å²) >= 11 is 0. The lowest BCUT2D eigenvalue weighted by molar-refractivity contribution is -0.125. The molecule has 0 fully saturated rings. The van der Waals surface area contributed by atoms with Crippen molar-refractivity contribution < 1.29 is 14.7 Å². The first-order valence-corrected chi connectivity index (χ1v) is 7.93. The Balaban J connectivity index is 1.63. The normalized spacial score (nSPS) is 10.2. The van der Waals surface area contributed by atoms with Gasteiger partial charge < -0.3 is 15.7 Å². The van der Waals surface area contributed by atoms with Crippen molar-refractivity contribution in [2.24, 2.45) is 0 Å². The summed E-state index contributed by atoms with van der Waals surface area (Å²) in [5.41, 5.74) is 2.87. The van der Waals surface area contributed by atoms with Crippen LogP contribution in [0, 0.1) is 0 Å². The monoisotopic (exact) mass is 326 g/mol. The molecule has 0 bridgehead atoms. The van der Waals surface area contributed by atoms with Crippen LogP contribution < -0.4 is 10.6 Å². The van der Waals surface area contributed by atoms with E-state index in [2.05, 4.69) is 10.6 Å². The van der Waals surface area contributed by atoms with Gasteiger partial charge in [0.05, 0.1) is 19.6 Å². The summed E-state index contributed by atoms with van der Waals surface area (Å²) < 4.78 is 0. The number of nitrogens with one attached hydrogen (secondary N) is 2. The predicted octanol–water partition coefficient (Wildman–Crippen LogP) is 1.20. The van der Waals surface area contributed by atoms with Crippen LogP contribution in [0.15, 0.2) is 54.6 Å². The molecule has 0 saturated carbocycles. The van der Waals surface area contributed by atoms with Crippen LogP contribution in [0.3, 0.4) is 0 Å². The van der Waals surface area contributed by atoms with Crippen molar-refractivity contribution >= 4 is 11.8 Å². The summed E-state index contributed by atoms with van der Waals surface area (Å²) in [6, 6.07) is 17.0. The van der Waals surface area contributed by atoms with Crippen LogP contribution in [0.25, 0.3) is 0 Å². The molecule has 2 rings (SSSR count). The van der Waals surface area contributed by atoms with Gasteiger partial charge in [-0.05, 0) is 23.1 Å². The van der Waals surface area contributed by atoms with Gasteiger partial charge in [-0.25, -0.2) is 0 Å². The van der Waals surface area contributed by atoms with Crippen LogP contribution in [0.4, 0.5) is 0 Å². The van der Waals surface area contributed by atoms with E-state index >= 15 is 0 Å². The van der Waals surface area contributed by atoms with Gasteiger partial charge in [-0.3, -0.25) is 9.59 Å². The predicted molar refractivity (Wildman–Crippen MR) is 92.2 cm³/mol. The standard InChI is InChI=1S/C19H22N2O3/c22-14-17-8-6-15(7-9-17)10-11-20-19(24)13-21-18(23)12-16-4-2-1-3-5-16/h1-9,22H,10-14H2,(H,20,24)(H,21,23). The fraction of sp³-hybridized carbons (Fsp3) is 0.263. The molecule has 0 spiro atoms. The zero-order valence-electron chi connectivity index (χ0n) is 13.5. The molecule has 0 radical (unpaired) electrons. The highest BCUT2D eigenvalue weighted by Crippen LogP contribution is 2.04. The summed E-state index contributed by atoms with van der Waals surface area (Å²) in [6.07, 6.45) is 0.973. The molecule has 0 aliphatic carbocycles. The minimum absolute atomic E-state index is 0.0187. The summed E-state index contributed by atoms with van der Waals surface area (Å²) in [7, 11) is 0. The first-order valence-electron chi connectivity index (χ1n) is 7.93. The van der Waals surface area contributed by atoms with Crippen molar-refractivity contribution in [2.45, 2.75) is 19.4 Å². The quantitative estimate of drug-likeness (QED) is 0.682. The van der Waals surface area contributed by atoms with E-state index in [-0.39, 0.29) is 31.4 Å². The average molecular weight is 326 g/mol. The Morgan fingerprint density at radius 1 is 0.792 bits per heavy atom. The number of hydrogen-bond acceptors (Lipinski definition) is 3. The lowest BCUT2D eigenvalue weighted by atomic mass is 10.1. The largest absolute Gasteiger partial charge is 0.392 e. The van der Waals surface area contributed by atoms with Crippen molar-refractivity contribution in [1.29, 1.82) is 0 Å². The molecular formula is C19H22N2O3. The SMILES string of the molecule is O=C(CNC(=O)Cc1ccccc1)NCCc1ccc(CO)cc1. The molecule has 2 amide bonds. The van der Waals surface area contributed by atoms with Gasteiger partial charge in [-0.2, -0.15) is 0 Å². The van der Waals surface area contributed by atoms with Gasteiger partial charge in [0.2, 0.25) is 11.8 Å². The topological polar surface area (TPSA) is 78.4 Å². The van der Waals surface area contributed by atoms with Gasteiger partial charge in [0.1, 0.15) is 0 Å². The van der Waals surface area contributed by atoms with E-state index < -0.39 is 0 Å². The van der Waals surface area contributed by atoms with E-state index in [4.69, 9.17) is 5.11 Å². The second kappa shape index (κ2) is 9.47. The second-order valence-electron chi connectivity index (χ2n) is 5.51. The molecule has 0 aliphatic rings. The zero-order chi connectivity index (χ0) is 17.2. The van der Waals surface area contributed by atoms with Gasteiger partial charge in [0, 0.05) is 6.54 Å². The van der Waals surface area contributed by atoms with Crippen molar-refractivity contribution in [3.05, 3.63) is 71.3 Å². The van der Waals surface area contributed by atoms with Gasteiger partial charge in [-0.15, -0.1) is 0 Å². The second-order valence-corrected chi connectivity index (χ2v) is 5.51. The van der Waals surface area contributed by atoms with Crippen LogP contribution in [0.2, 0.25) is 0 Å². The van der Waals surface area contributed by atoms with Gasteiger partial charge in [-0.1, -0.05) is 54.6 Å². The third-order valence-corrected chi connectivity index (χ3v) is 3.60. The molecule has 0 aromatic heterocycles. The Bertz CT molecular complexity index is 654. The Hall–Kier alpha value is -2.66. The van der Waals surface area contributed by atoms with Crippen LogP contribution in [0.1, 0.15) is 16.7 Å². The number of benzene rings is 2. The van der Waals surface area contributed by atoms with Crippen LogP contribution in [-0.2, 0) is 29.0 Å². The molecule has 5 nitrogen and oxygen atoms in total. The van der Waals surface area contributed by atoms with Gasteiger partial charge >= 0.3 is 0 Å². The van der Waals surface area contributed by atoms with Crippen molar-refractivity contribution in [3.8, 4) is 0 Å². The number of carbonyl (C=O) groups excluding carboxylic acids is 2. The summed E-state index contributed by atoms with van der Waals surface area (Å²) in [4.78, 5) is 23.5. The van der Waals surface area contributed by atoms with E-state index in [0.29, 0.717) is 13.0 Å². The first-order chi connectivity index (χ1) is 11.7. The molecule has 2 aromatic carbocycles. The molecule has 2 aromatic rings. The van der Waals surface area contributed by atoms with Crippen LogP contribution in [-0.4, -0.2) is 30.0 Å². The zero-order valence-corrected chi connectivity index (χ0v) is 13.5. The van der Waals surface area contributed by atoms with E-state index in [1.807, 2.05) is 54.6 Å². The van der Waals surface area contributed by atoms with Crippen molar-refractivity contribution in [3.63, 3.8) is 0 Å². The third kappa shape index (κ3) is 6.22. The molecule has 0 aliphatic heterocycles. The summed E-state index contributed by atoms with van der Waals surface area (Å²) in [5.74, 6) is -0.376. The molecule has 0 atom stereocenters. The lowest BCUT2D eigenvalue weighted by Gasteiger charge is -2.07. The summed E-state index contributed by atoms with van der Waals surface area (Å²) in [5, 5.41) is 14.4. The highest BCUT2D eigenvalue weighted by atomic mass is 16.3. The van der Waals surface area contributed by atoms with Crippen LogP contribution >= 0.6 is 0 Å². The minimum Gasteiger partial charge on any atom is -0.392 e. The maximum absolute atomic E-state index is 11.8. The molecule has 5 heteroatoms. The highest BCUT2D eigenvalue weighted by molar-refractivity contribution is 5.85. The van der Waals surface area contributed by atoms with Gasteiger partial charge in [0.15, 0.2) is 0 Å². The van der Waals surface area contributed by atoms with Crippen LogP contribution in [0.5, 0.6) is 0 Å². The molecule has 0 unspecified atom stereocenters. The minimum atomic E-state index is -0.205. The number of hydrogen-bond donors (Lipinski definition) is 3. The fourth-order valence-electron chi connectivity index (χ4n) is 2.24. The van der Waals surface area contributed by atoms with E-state index in [9.17, 15) is 9.59 Å². The lowest BCUT2D eigenvalue weighted by Crippen LogP contribution is -2.38. The number of rotatable bonds is 8. The number of aliphatic hydroxyl groups excluding tert-OH is 1. The molecule has 3 N–H and O–H groups in total. The van der Waals surface area contributed by atoms with E-state index in [1.165, 1.54) is 0 Å². The number of carbonyl (C=O) groups is 2. The molecular weight excluding hydrogens is 304 g/mol. The highest BCUT2D eigenvalue weighted by Gasteiger charge is 2.06. The Morgan fingerprint density at radius 3 is 2.12 bits per heavy atom. The molecule has 0 saturated heterocycles. The molecule has 24 heavy (non-hydrogen) atoms. The number of aliphatic hydroxyl groups is 1.